The molecule has 2 heterocycles. The summed E-state index contributed by atoms with van der Waals surface area (Å²) in [4.78, 5) is 28.4. The normalized spacial score (nSPS) is 19.1. The Morgan fingerprint density at radius 3 is 2.57 bits per heavy atom. The second kappa shape index (κ2) is 11.0. The third-order valence-corrected chi connectivity index (χ3v) is 8.97. The number of nitrogens with zero attached hydrogens (tertiary/aromatic N) is 2. The first kappa shape index (κ1) is 25.5. The zero-order valence-electron chi connectivity index (χ0n) is 19.7. The maximum absolute atomic E-state index is 13.2. The third kappa shape index (κ3) is 5.80. The molecule has 2 aromatic carbocycles. The van der Waals surface area contributed by atoms with Crippen LogP contribution in [0.3, 0.4) is 0 Å². The fourth-order valence-corrected chi connectivity index (χ4v) is 6.39. The fraction of sp³-hybridized carbons (Fsp3) is 0.417. The van der Waals surface area contributed by atoms with E-state index < -0.39 is 10.0 Å². The molecule has 1 fully saturated rings. The van der Waals surface area contributed by atoms with Crippen LogP contribution in [0, 0.1) is 5.92 Å². The predicted octanol–water partition coefficient (Wildman–Crippen LogP) is 2.82. The van der Waals surface area contributed by atoms with Crippen LogP contribution in [-0.4, -0.2) is 69.7 Å². The van der Waals surface area contributed by atoms with Gasteiger partial charge in [0.15, 0.2) is 0 Å². The highest BCUT2D eigenvalue weighted by atomic mass is 32.2. The quantitative estimate of drug-likeness (QED) is 0.600. The fourth-order valence-electron chi connectivity index (χ4n) is 3.91. The number of benzene rings is 2. The summed E-state index contributed by atoms with van der Waals surface area (Å²) in [5.74, 6) is 0.304. The molecule has 188 valence electrons. The summed E-state index contributed by atoms with van der Waals surface area (Å²) in [7, 11) is -3.75. The second-order valence-electron chi connectivity index (χ2n) is 8.29. The molecule has 2 aliphatic rings. The van der Waals surface area contributed by atoms with Gasteiger partial charge in [0.25, 0.3) is 0 Å². The number of morpholine rings is 1. The van der Waals surface area contributed by atoms with Crippen molar-refractivity contribution < 1.29 is 27.5 Å². The molecule has 2 aliphatic heterocycles. The van der Waals surface area contributed by atoms with Crippen LogP contribution in [0.5, 0.6) is 5.75 Å². The van der Waals surface area contributed by atoms with E-state index in [2.05, 4.69) is 5.32 Å². The van der Waals surface area contributed by atoms with Crippen LogP contribution < -0.4 is 15.0 Å². The van der Waals surface area contributed by atoms with E-state index >= 15 is 0 Å². The van der Waals surface area contributed by atoms with Gasteiger partial charge in [0.2, 0.25) is 21.8 Å². The van der Waals surface area contributed by atoms with E-state index in [0.717, 1.165) is 4.90 Å². The number of nitrogens with one attached hydrogen (secondary N) is 1. The molecule has 1 saturated heterocycles. The number of anilines is 2. The van der Waals surface area contributed by atoms with Gasteiger partial charge in [0.1, 0.15) is 12.3 Å². The number of ether oxygens (including phenoxy) is 2. The van der Waals surface area contributed by atoms with Gasteiger partial charge in [-0.15, -0.1) is 11.8 Å². The summed E-state index contributed by atoms with van der Waals surface area (Å²) in [5.41, 5.74) is 1.01. The average molecular weight is 520 g/mol. The van der Waals surface area contributed by atoms with Crippen molar-refractivity contribution in [2.75, 3.05) is 55.4 Å². The van der Waals surface area contributed by atoms with Gasteiger partial charge in [-0.25, -0.2) is 8.42 Å². The van der Waals surface area contributed by atoms with Crippen molar-refractivity contribution in [3.05, 3.63) is 42.5 Å². The van der Waals surface area contributed by atoms with Crippen LogP contribution in [0.1, 0.15) is 13.8 Å². The zero-order valence-corrected chi connectivity index (χ0v) is 21.4. The summed E-state index contributed by atoms with van der Waals surface area (Å²) < 4.78 is 38.5. The van der Waals surface area contributed by atoms with Gasteiger partial charge in [-0.1, -0.05) is 6.92 Å². The first-order chi connectivity index (χ1) is 16.8. The Hall–Kier alpha value is -2.60. The number of thioether (sulfide) groups is 1. The number of fused-ring (bicyclic) bond motifs is 1. The summed E-state index contributed by atoms with van der Waals surface area (Å²) in [5, 5.41) is 2.81. The first-order valence-corrected chi connectivity index (χ1v) is 13.9. The highest BCUT2D eigenvalue weighted by Gasteiger charge is 2.32. The maximum atomic E-state index is 13.2. The van der Waals surface area contributed by atoms with Crippen LogP contribution in [0.4, 0.5) is 11.4 Å². The van der Waals surface area contributed by atoms with Gasteiger partial charge in [-0.3, -0.25) is 9.59 Å². The van der Waals surface area contributed by atoms with E-state index in [1.165, 1.54) is 27.0 Å². The largest absolute Gasteiger partial charge is 0.494 e. The number of carbonyl (C=O) groups is 2. The van der Waals surface area contributed by atoms with Crippen molar-refractivity contribution in [1.82, 2.24) is 4.31 Å². The molecule has 1 atom stereocenters. The van der Waals surface area contributed by atoms with Crippen molar-refractivity contribution >= 4 is 45.0 Å². The highest BCUT2D eigenvalue weighted by Crippen LogP contribution is 2.38. The molecule has 1 N–H and O–H groups in total. The van der Waals surface area contributed by atoms with Gasteiger partial charge in [-0.2, -0.15) is 4.31 Å². The summed E-state index contributed by atoms with van der Waals surface area (Å²) in [6.45, 7) is 5.25. The SMILES string of the molecule is CCOc1ccc(NC(=O)CN2C(=O)[C@@H](C)CSc3ccc(S(=O)(=O)N4CCOCC4)cc32)cc1. The van der Waals surface area contributed by atoms with Crippen molar-refractivity contribution in [1.29, 1.82) is 0 Å². The van der Waals surface area contributed by atoms with E-state index in [9.17, 15) is 18.0 Å². The van der Waals surface area contributed by atoms with Crippen molar-refractivity contribution in [2.24, 2.45) is 5.92 Å². The van der Waals surface area contributed by atoms with E-state index in [4.69, 9.17) is 9.47 Å². The Morgan fingerprint density at radius 2 is 1.89 bits per heavy atom. The van der Waals surface area contributed by atoms with E-state index in [0.29, 0.717) is 42.7 Å². The van der Waals surface area contributed by atoms with Crippen molar-refractivity contribution in [3.63, 3.8) is 0 Å². The molecule has 4 rings (SSSR count). The molecule has 11 heteroatoms. The smallest absolute Gasteiger partial charge is 0.244 e. The van der Waals surface area contributed by atoms with Crippen LogP contribution in [-0.2, 0) is 24.3 Å². The lowest BCUT2D eigenvalue weighted by Gasteiger charge is -2.27. The Balaban J connectivity index is 1.59. The Bertz CT molecular complexity index is 1180. The zero-order chi connectivity index (χ0) is 25.0. The van der Waals surface area contributed by atoms with Gasteiger partial charge in [-0.05, 0) is 49.4 Å². The minimum atomic E-state index is -3.75. The van der Waals surface area contributed by atoms with Gasteiger partial charge < -0.3 is 19.7 Å². The number of sulfonamides is 1. The Morgan fingerprint density at radius 1 is 1.17 bits per heavy atom. The van der Waals surface area contributed by atoms with Gasteiger partial charge in [0, 0.05) is 35.3 Å². The Labute approximate surface area is 209 Å². The number of hydrogen-bond donors (Lipinski definition) is 1. The lowest BCUT2D eigenvalue weighted by molar-refractivity contribution is -0.123. The van der Waals surface area contributed by atoms with Crippen LogP contribution >= 0.6 is 11.8 Å². The molecule has 0 saturated carbocycles. The van der Waals surface area contributed by atoms with E-state index in [-0.39, 0.29) is 42.3 Å². The first-order valence-electron chi connectivity index (χ1n) is 11.5. The monoisotopic (exact) mass is 519 g/mol. The molecule has 9 nitrogen and oxygen atoms in total. The molecule has 35 heavy (non-hydrogen) atoms. The lowest BCUT2D eigenvalue weighted by Crippen LogP contribution is -2.42. The van der Waals surface area contributed by atoms with E-state index in [1.807, 2.05) is 13.8 Å². The van der Waals surface area contributed by atoms with Gasteiger partial charge >= 0.3 is 0 Å². The topological polar surface area (TPSA) is 105 Å². The Kier molecular flexibility index (Phi) is 8.00. The summed E-state index contributed by atoms with van der Waals surface area (Å²) >= 11 is 1.48. The molecular weight excluding hydrogens is 490 g/mol. The molecule has 2 aromatic rings. The summed E-state index contributed by atoms with van der Waals surface area (Å²) in [6.07, 6.45) is 0. The molecule has 2 amide bonds. The highest BCUT2D eigenvalue weighted by molar-refractivity contribution is 7.99. The minimum Gasteiger partial charge on any atom is -0.494 e. The standard InChI is InChI=1S/C24H29N3O6S2/c1-3-33-19-6-4-18(5-7-19)25-23(28)15-27-21-14-20(35(30,31)26-10-12-32-13-11-26)8-9-22(21)34-16-17(2)24(27)29/h4-9,14,17H,3,10-13,15-16H2,1-2H3,(H,25,28)/t17-/m0/s1. The molecule has 0 bridgehead atoms. The molecule has 0 radical (unpaired) electrons. The van der Waals surface area contributed by atoms with Crippen LogP contribution in [0.15, 0.2) is 52.3 Å². The second-order valence-corrected chi connectivity index (χ2v) is 11.3. The van der Waals surface area contributed by atoms with E-state index in [1.54, 1.807) is 36.4 Å². The lowest BCUT2D eigenvalue weighted by atomic mass is 10.1. The number of rotatable bonds is 7. The minimum absolute atomic E-state index is 0.0954. The predicted molar refractivity (Wildman–Crippen MR) is 135 cm³/mol. The molecule has 0 aliphatic carbocycles. The van der Waals surface area contributed by atoms with Crippen molar-refractivity contribution in [2.45, 2.75) is 23.6 Å². The van der Waals surface area contributed by atoms with Crippen LogP contribution in [0.25, 0.3) is 0 Å². The van der Waals surface area contributed by atoms with Crippen molar-refractivity contribution in [3.8, 4) is 5.75 Å². The third-order valence-electron chi connectivity index (χ3n) is 5.76. The molecule has 0 unspecified atom stereocenters. The molecule has 0 spiro atoms. The van der Waals surface area contributed by atoms with Crippen LogP contribution in [0.2, 0.25) is 0 Å². The number of carbonyl (C=O) groups excluding carboxylic acids is 2. The maximum Gasteiger partial charge on any atom is 0.244 e. The number of hydrogen-bond acceptors (Lipinski definition) is 7. The summed E-state index contributed by atoms with van der Waals surface area (Å²) in [6, 6.07) is 11.8. The van der Waals surface area contributed by atoms with Gasteiger partial charge in [0.05, 0.1) is 30.4 Å². The molecule has 0 aromatic heterocycles. The average Bonchev–Trinajstić information content (AvgIpc) is 2.97. The molecular formula is C24H29N3O6S2. The number of amides is 2.